The molecule has 1 heterocycles. The lowest BCUT2D eigenvalue weighted by atomic mass is 9.96. The molecule has 1 aliphatic rings. The van der Waals surface area contributed by atoms with Gasteiger partial charge in [0.15, 0.2) is 5.69 Å². The second kappa shape index (κ2) is 10.3. The summed E-state index contributed by atoms with van der Waals surface area (Å²) in [6, 6.07) is 7.38. The Hall–Kier alpha value is -3.60. The van der Waals surface area contributed by atoms with Crippen LogP contribution in [0.5, 0.6) is 5.75 Å². The number of rotatable bonds is 6. The first-order valence-corrected chi connectivity index (χ1v) is 11.5. The van der Waals surface area contributed by atoms with Gasteiger partial charge in [0.05, 0.1) is 21.8 Å². The molecule has 0 atom stereocenters. The Bertz CT molecular complexity index is 1430. The van der Waals surface area contributed by atoms with Gasteiger partial charge in [0, 0.05) is 11.1 Å². The highest BCUT2D eigenvalue weighted by Gasteiger charge is 2.33. The Balaban J connectivity index is 1.76. The first-order chi connectivity index (χ1) is 17.8. The minimum absolute atomic E-state index is 0.0354. The quantitative estimate of drug-likeness (QED) is 0.309. The lowest BCUT2D eigenvalue weighted by molar-refractivity contribution is -0.138. The number of carboxylic acid groups (broad SMARTS) is 1. The number of carboxylic acids is 1. The third kappa shape index (κ3) is 5.77. The van der Waals surface area contributed by atoms with Gasteiger partial charge in [-0.15, -0.1) is 0 Å². The van der Waals surface area contributed by atoms with Crippen LogP contribution in [0.4, 0.5) is 30.7 Å². The highest BCUT2D eigenvalue weighted by atomic mass is 35.5. The summed E-state index contributed by atoms with van der Waals surface area (Å²) >= 11 is 5.90. The van der Waals surface area contributed by atoms with Gasteiger partial charge in [-0.2, -0.15) is 26.3 Å². The number of hydrogen-bond acceptors (Lipinski definition) is 3. The van der Waals surface area contributed by atoms with Gasteiger partial charge in [0.2, 0.25) is 0 Å². The van der Waals surface area contributed by atoms with Crippen LogP contribution in [0.15, 0.2) is 48.5 Å². The molecule has 2 aromatic carbocycles. The minimum Gasteiger partial charge on any atom is -0.488 e. The molecule has 4 nitrogen and oxygen atoms in total. The summed E-state index contributed by atoms with van der Waals surface area (Å²) in [6.07, 6.45) is -8.22. The molecule has 0 spiro atoms. The molecule has 4 rings (SSSR count). The summed E-state index contributed by atoms with van der Waals surface area (Å²) in [6.45, 7) is -0.548. The molecule has 12 heteroatoms. The van der Waals surface area contributed by atoms with Gasteiger partial charge in [-0.25, -0.2) is 14.2 Å². The maximum absolute atomic E-state index is 14.3. The van der Waals surface area contributed by atoms with Crippen LogP contribution in [-0.2, 0) is 19.0 Å². The summed E-state index contributed by atoms with van der Waals surface area (Å²) in [4.78, 5) is 15.5. The molecule has 0 saturated heterocycles. The van der Waals surface area contributed by atoms with Crippen molar-refractivity contribution >= 4 is 28.7 Å². The predicted molar refractivity (Wildman–Crippen MR) is 124 cm³/mol. The van der Waals surface area contributed by atoms with Crippen LogP contribution in [0.3, 0.4) is 0 Å². The number of pyridine rings is 1. The number of allylic oxidation sites excluding steroid dienone is 2. The lowest BCUT2D eigenvalue weighted by Crippen LogP contribution is -2.09. The molecule has 0 fully saturated rings. The van der Waals surface area contributed by atoms with E-state index in [0.717, 1.165) is 24.3 Å². The van der Waals surface area contributed by atoms with Crippen molar-refractivity contribution in [2.24, 2.45) is 0 Å². The number of hydrogen-bond donors (Lipinski definition) is 1. The molecule has 38 heavy (non-hydrogen) atoms. The third-order valence-electron chi connectivity index (χ3n) is 5.97. The Kier molecular flexibility index (Phi) is 7.42. The maximum atomic E-state index is 14.3. The van der Waals surface area contributed by atoms with E-state index in [-0.39, 0.29) is 27.6 Å². The summed E-state index contributed by atoms with van der Waals surface area (Å²) in [5.74, 6) is -2.61. The van der Waals surface area contributed by atoms with Crippen LogP contribution in [0.2, 0.25) is 5.02 Å². The zero-order valence-electron chi connectivity index (χ0n) is 19.2. The molecule has 0 amide bonds. The number of halogens is 8. The summed E-state index contributed by atoms with van der Waals surface area (Å²) in [7, 11) is 0. The standard InChI is InChI=1S/C26H17ClF7NO3/c27-19-7-8-21(35-23(19)24(36)37)17-3-1-2-16(17)18-10-14(25(29,30)31)6-9-22(18)38-12-13-4-5-15(11-20(13)28)26(32,33)34/h4-11H,1-3,12H2,(H,36,37). The smallest absolute Gasteiger partial charge is 0.416 e. The molecule has 3 aromatic rings. The molecule has 1 N–H and O–H groups in total. The van der Waals surface area contributed by atoms with Gasteiger partial charge in [0.1, 0.15) is 18.2 Å². The van der Waals surface area contributed by atoms with Crippen LogP contribution in [0.1, 0.15) is 57.7 Å². The van der Waals surface area contributed by atoms with E-state index in [2.05, 4.69) is 4.98 Å². The normalized spacial score (nSPS) is 14.2. The van der Waals surface area contributed by atoms with E-state index in [1.165, 1.54) is 12.1 Å². The first kappa shape index (κ1) is 27.4. The summed E-state index contributed by atoms with van der Waals surface area (Å²) in [5.41, 5.74) is -1.64. The molecule has 0 saturated carbocycles. The Morgan fingerprint density at radius 1 is 0.921 bits per heavy atom. The van der Waals surface area contributed by atoms with E-state index in [4.69, 9.17) is 16.3 Å². The van der Waals surface area contributed by atoms with Crippen LogP contribution < -0.4 is 4.74 Å². The van der Waals surface area contributed by atoms with E-state index < -0.39 is 47.6 Å². The molecule has 0 radical (unpaired) electrons. The van der Waals surface area contributed by atoms with Gasteiger partial charge in [0.25, 0.3) is 0 Å². The van der Waals surface area contributed by atoms with Crippen LogP contribution >= 0.6 is 11.6 Å². The van der Waals surface area contributed by atoms with Crippen molar-refractivity contribution in [1.82, 2.24) is 4.98 Å². The van der Waals surface area contributed by atoms with Crippen molar-refractivity contribution in [2.75, 3.05) is 0 Å². The maximum Gasteiger partial charge on any atom is 0.416 e. The average Bonchev–Trinajstić information content (AvgIpc) is 3.32. The second-order valence-electron chi connectivity index (χ2n) is 8.44. The third-order valence-corrected chi connectivity index (χ3v) is 6.28. The number of nitrogens with zero attached hydrogens (tertiary/aromatic N) is 1. The Morgan fingerprint density at radius 3 is 2.18 bits per heavy atom. The molecule has 1 aromatic heterocycles. The number of alkyl halides is 6. The van der Waals surface area contributed by atoms with Crippen LogP contribution in [-0.4, -0.2) is 16.1 Å². The largest absolute Gasteiger partial charge is 0.488 e. The number of aromatic nitrogens is 1. The molecule has 0 bridgehead atoms. The molecule has 1 aliphatic carbocycles. The van der Waals surface area contributed by atoms with Crippen molar-refractivity contribution in [3.05, 3.63) is 93.0 Å². The van der Waals surface area contributed by atoms with Gasteiger partial charge in [-0.1, -0.05) is 17.7 Å². The van der Waals surface area contributed by atoms with E-state index in [1.54, 1.807) is 0 Å². The zero-order valence-corrected chi connectivity index (χ0v) is 19.9. The fraction of sp³-hybridized carbons (Fsp3) is 0.231. The van der Waals surface area contributed by atoms with Crippen molar-refractivity contribution in [3.63, 3.8) is 0 Å². The van der Waals surface area contributed by atoms with Gasteiger partial charge in [-0.05, 0) is 72.9 Å². The minimum atomic E-state index is -4.75. The highest BCUT2D eigenvalue weighted by Crippen LogP contribution is 2.44. The summed E-state index contributed by atoms with van der Waals surface area (Å²) < 4.78 is 99.1. The van der Waals surface area contributed by atoms with Gasteiger partial charge in [-0.3, -0.25) is 0 Å². The number of aromatic carboxylic acids is 1. The van der Waals surface area contributed by atoms with E-state index >= 15 is 0 Å². The molecule has 0 unspecified atom stereocenters. The molecular weight excluding hydrogens is 543 g/mol. The highest BCUT2D eigenvalue weighted by molar-refractivity contribution is 6.33. The van der Waals surface area contributed by atoms with Gasteiger partial charge < -0.3 is 9.84 Å². The molecular formula is C26H17ClF7NO3. The van der Waals surface area contributed by atoms with Crippen molar-refractivity contribution in [2.45, 2.75) is 38.2 Å². The Labute approximate surface area is 216 Å². The fourth-order valence-electron chi connectivity index (χ4n) is 4.15. The van der Waals surface area contributed by atoms with E-state index in [1.807, 2.05) is 0 Å². The zero-order chi connectivity index (χ0) is 27.8. The second-order valence-corrected chi connectivity index (χ2v) is 8.85. The van der Waals surface area contributed by atoms with Crippen molar-refractivity contribution in [3.8, 4) is 5.75 Å². The number of carbonyl (C=O) groups is 1. The average molecular weight is 560 g/mol. The summed E-state index contributed by atoms with van der Waals surface area (Å²) in [5, 5.41) is 9.24. The molecule has 200 valence electrons. The molecule has 0 aliphatic heterocycles. The monoisotopic (exact) mass is 559 g/mol. The van der Waals surface area contributed by atoms with Gasteiger partial charge >= 0.3 is 18.3 Å². The van der Waals surface area contributed by atoms with Crippen molar-refractivity contribution in [1.29, 1.82) is 0 Å². The fourth-order valence-corrected chi connectivity index (χ4v) is 4.33. The Morgan fingerprint density at radius 2 is 1.55 bits per heavy atom. The van der Waals surface area contributed by atoms with E-state index in [0.29, 0.717) is 42.5 Å². The lowest BCUT2D eigenvalue weighted by Gasteiger charge is -2.17. The SMILES string of the molecule is O=C(O)c1nc(C2=C(c3cc(C(F)(F)F)ccc3OCc3ccc(C(F)(F)F)cc3F)CCC2)ccc1Cl. The van der Waals surface area contributed by atoms with Crippen molar-refractivity contribution < 1.29 is 45.4 Å². The predicted octanol–water partition coefficient (Wildman–Crippen LogP) is 8.28. The van der Waals surface area contributed by atoms with E-state index in [9.17, 15) is 40.6 Å². The first-order valence-electron chi connectivity index (χ1n) is 11.1. The number of benzene rings is 2. The van der Waals surface area contributed by atoms with Crippen LogP contribution in [0.25, 0.3) is 11.1 Å². The van der Waals surface area contributed by atoms with Crippen LogP contribution in [0, 0.1) is 5.82 Å². The topological polar surface area (TPSA) is 59.4 Å². The number of ether oxygens (including phenoxy) is 1.